The highest BCUT2D eigenvalue weighted by Crippen LogP contribution is 2.27. The van der Waals surface area contributed by atoms with E-state index < -0.39 is 10.1 Å². The van der Waals surface area contributed by atoms with Crippen LogP contribution in [0, 0.1) is 0 Å². The largest absolute Gasteiger partial charge is 0.276 e. The molecule has 1 rings (SSSR count). The van der Waals surface area contributed by atoms with Crippen molar-refractivity contribution < 1.29 is 4.79 Å². The molecular weight excluding hydrogens is 266 g/mol. The molecule has 0 saturated heterocycles. The molecular formula is C9H6Cl4O. The minimum Gasteiger partial charge on any atom is -0.276 e. The van der Waals surface area contributed by atoms with Crippen molar-refractivity contribution in [1.82, 2.24) is 0 Å². The van der Waals surface area contributed by atoms with Gasteiger partial charge < -0.3 is 0 Å². The summed E-state index contributed by atoms with van der Waals surface area (Å²) in [5.41, 5.74) is 1.72. The van der Waals surface area contributed by atoms with E-state index in [1.165, 1.54) is 0 Å². The van der Waals surface area contributed by atoms with Crippen molar-refractivity contribution in [2.24, 2.45) is 0 Å². The Balaban J connectivity index is 3.18. The number of hydrogen-bond acceptors (Lipinski definition) is 1. The molecule has 0 saturated carbocycles. The van der Waals surface area contributed by atoms with Gasteiger partial charge in [-0.25, -0.2) is 0 Å². The standard InChI is InChI=1S/C9H6Cl4O/c10-4-6-3-5(8(11)12)1-2-7(6)9(13)14/h1-3,8H,4H2. The summed E-state index contributed by atoms with van der Waals surface area (Å²) in [7, 11) is 0. The SMILES string of the molecule is O=C(Cl)c1ccc(C(Cl)Cl)cc1CCl. The summed E-state index contributed by atoms with van der Waals surface area (Å²) in [6, 6.07) is 4.89. The average molecular weight is 272 g/mol. The summed E-state index contributed by atoms with van der Waals surface area (Å²) in [6.07, 6.45) is 0. The zero-order valence-electron chi connectivity index (χ0n) is 6.94. The van der Waals surface area contributed by atoms with Crippen LogP contribution in [-0.4, -0.2) is 5.24 Å². The van der Waals surface area contributed by atoms with Gasteiger partial charge in [-0.15, -0.1) is 34.8 Å². The summed E-state index contributed by atoms with van der Waals surface area (Å²) in [5.74, 6) is 0.197. The molecule has 1 nitrogen and oxygen atoms in total. The van der Waals surface area contributed by atoms with Crippen LogP contribution in [0.2, 0.25) is 0 Å². The predicted molar refractivity (Wildman–Crippen MR) is 60.6 cm³/mol. The molecule has 0 aromatic heterocycles. The van der Waals surface area contributed by atoms with Gasteiger partial charge in [0.15, 0.2) is 0 Å². The number of rotatable bonds is 3. The van der Waals surface area contributed by atoms with Crippen molar-refractivity contribution in [1.29, 1.82) is 0 Å². The van der Waals surface area contributed by atoms with Crippen LogP contribution < -0.4 is 0 Å². The monoisotopic (exact) mass is 270 g/mol. The van der Waals surface area contributed by atoms with Gasteiger partial charge in [0.1, 0.15) is 4.84 Å². The number of carbonyl (C=O) groups is 1. The molecule has 0 N–H and O–H groups in total. The maximum atomic E-state index is 10.9. The first-order chi connectivity index (χ1) is 6.56. The van der Waals surface area contributed by atoms with Crippen molar-refractivity contribution in [3.8, 4) is 0 Å². The molecule has 5 heteroatoms. The number of hydrogen-bond donors (Lipinski definition) is 0. The second-order valence-electron chi connectivity index (χ2n) is 2.62. The van der Waals surface area contributed by atoms with Crippen LogP contribution in [0.4, 0.5) is 0 Å². The van der Waals surface area contributed by atoms with Gasteiger partial charge in [-0.3, -0.25) is 4.79 Å². The molecule has 1 aromatic carbocycles. The third-order valence-electron chi connectivity index (χ3n) is 1.74. The summed E-state index contributed by atoms with van der Waals surface area (Å²) >= 11 is 22.3. The van der Waals surface area contributed by atoms with E-state index in [-0.39, 0.29) is 5.88 Å². The molecule has 14 heavy (non-hydrogen) atoms. The van der Waals surface area contributed by atoms with E-state index in [0.717, 1.165) is 0 Å². The maximum Gasteiger partial charge on any atom is 0.252 e. The Morgan fingerprint density at radius 2 is 2.00 bits per heavy atom. The summed E-state index contributed by atoms with van der Waals surface area (Å²) in [5, 5.41) is -0.534. The van der Waals surface area contributed by atoms with Gasteiger partial charge in [0, 0.05) is 11.4 Å². The first-order valence-electron chi connectivity index (χ1n) is 3.73. The molecule has 0 aliphatic carbocycles. The van der Waals surface area contributed by atoms with Crippen LogP contribution >= 0.6 is 46.4 Å². The fourth-order valence-electron chi connectivity index (χ4n) is 1.05. The van der Waals surface area contributed by atoms with Gasteiger partial charge >= 0.3 is 0 Å². The Morgan fingerprint density at radius 3 is 2.43 bits per heavy atom. The molecule has 0 atom stereocenters. The van der Waals surface area contributed by atoms with Crippen LogP contribution in [0.1, 0.15) is 26.3 Å². The molecule has 0 fully saturated rings. The van der Waals surface area contributed by atoms with Crippen LogP contribution in [0.25, 0.3) is 0 Å². The molecule has 0 aliphatic rings. The molecule has 0 aliphatic heterocycles. The Hall–Kier alpha value is 0.0500. The lowest BCUT2D eigenvalue weighted by Gasteiger charge is -2.06. The summed E-state index contributed by atoms with van der Waals surface area (Å²) in [6.45, 7) is 0. The zero-order chi connectivity index (χ0) is 10.7. The summed E-state index contributed by atoms with van der Waals surface area (Å²) in [4.78, 5) is 10.3. The molecule has 0 bridgehead atoms. The first kappa shape index (κ1) is 12.1. The normalized spacial score (nSPS) is 10.6. The van der Waals surface area contributed by atoms with E-state index >= 15 is 0 Å². The fourth-order valence-corrected chi connectivity index (χ4v) is 1.73. The Kier molecular flexibility index (Phi) is 4.52. The quantitative estimate of drug-likeness (QED) is 0.592. The molecule has 1 aromatic rings. The van der Waals surface area contributed by atoms with Gasteiger partial charge in [0.25, 0.3) is 5.24 Å². The van der Waals surface area contributed by atoms with Crippen LogP contribution in [-0.2, 0) is 5.88 Å². The summed E-state index contributed by atoms with van der Waals surface area (Å²) < 4.78 is 0. The lowest BCUT2D eigenvalue weighted by Crippen LogP contribution is -1.97. The minimum atomic E-state index is -0.628. The van der Waals surface area contributed by atoms with E-state index in [2.05, 4.69) is 0 Å². The molecule has 0 amide bonds. The second-order valence-corrected chi connectivity index (χ2v) is 4.33. The highest BCUT2D eigenvalue weighted by molar-refractivity contribution is 6.68. The Morgan fingerprint density at radius 1 is 1.36 bits per heavy atom. The van der Waals surface area contributed by atoms with E-state index in [1.807, 2.05) is 0 Å². The average Bonchev–Trinajstić information content (AvgIpc) is 2.16. The fraction of sp³-hybridized carbons (Fsp3) is 0.222. The van der Waals surface area contributed by atoms with Crippen LogP contribution in [0.15, 0.2) is 18.2 Å². The zero-order valence-corrected chi connectivity index (χ0v) is 9.96. The minimum absolute atomic E-state index is 0.197. The smallest absolute Gasteiger partial charge is 0.252 e. The van der Waals surface area contributed by atoms with Crippen molar-refractivity contribution in [3.05, 3.63) is 34.9 Å². The van der Waals surface area contributed by atoms with Crippen LogP contribution in [0.3, 0.4) is 0 Å². The highest BCUT2D eigenvalue weighted by atomic mass is 35.5. The lowest BCUT2D eigenvalue weighted by molar-refractivity contribution is 0.108. The number of benzene rings is 1. The van der Waals surface area contributed by atoms with E-state index in [4.69, 9.17) is 46.4 Å². The van der Waals surface area contributed by atoms with Crippen molar-refractivity contribution >= 4 is 51.6 Å². The maximum absolute atomic E-state index is 10.9. The number of halogens is 4. The lowest BCUT2D eigenvalue weighted by atomic mass is 10.1. The van der Waals surface area contributed by atoms with Gasteiger partial charge in [-0.1, -0.05) is 12.1 Å². The predicted octanol–water partition coefficient (Wildman–Crippen LogP) is 4.28. The third kappa shape index (κ3) is 2.77. The van der Waals surface area contributed by atoms with Crippen molar-refractivity contribution in [2.75, 3.05) is 0 Å². The van der Waals surface area contributed by atoms with Gasteiger partial charge in [0.05, 0.1) is 0 Å². The molecule has 0 unspecified atom stereocenters. The van der Waals surface area contributed by atoms with Crippen LogP contribution in [0.5, 0.6) is 0 Å². The molecule has 76 valence electrons. The Bertz CT molecular complexity index is 349. The van der Waals surface area contributed by atoms with Gasteiger partial charge in [0.2, 0.25) is 0 Å². The first-order valence-corrected chi connectivity index (χ1v) is 5.51. The van der Waals surface area contributed by atoms with Crippen molar-refractivity contribution in [3.63, 3.8) is 0 Å². The molecule has 0 spiro atoms. The molecule has 0 radical (unpaired) electrons. The van der Waals surface area contributed by atoms with E-state index in [1.54, 1.807) is 18.2 Å². The van der Waals surface area contributed by atoms with Crippen molar-refractivity contribution in [2.45, 2.75) is 10.7 Å². The number of alkyl halides is 3. The van der Waals surface area contributed by atoms with E-state index in [9.17, 15) is 4.79 Å². The Labute approximate surface area is 102 Å². The van der Waals surface area contributed by atoms with Gasteiger partial charge in [-0.05, 0) is 28.8 Å². The second kappa shape index (κ2) is 5.22. The third-order valence-corrected chi connectivity index (χ3v) is 2.73. The van der Waals surface area contributed by atoms with Gasteiger partial charge in [-0.2, -0.15) is 0 Å². The van der Waals surface area contributed by atoms with E-state index in [0.29, 0.717) is 16.7 Å². The molecule has 0 heterocycles. The highest BCUT2D eigenvalue weighted by Gasteiger charge is 2.11. The number of carbonyl (C=O) groups excluding carboxylic acids is 1. The topological polar surface area (TPSA) is 17.1 Å².